The highest BCUT2D eigenvalue weighted by atomic mass is 32.2. The summed E-state index contributed by atoms with van der Waals surface area (Å²) < 4.78 is 7.56. The molecule has 3 aromatic rings. The van der Waals surface area contributed by atoms with Crippen LogP contribution in [0.4, 0.5) is 0 Å². The summed E-state index contributed by atoms with van der Waals surface area (Å²) in [6.45, 7) is 2.14. The summed E-state index contributed by atoms with van der Waals surface area (Å²) in [4.78, 5) is 15.1. The van der Waals surface area contributed by atoms with E-state index in [1.165, 1.54) is 0 Å². The molecular weight excluding hydrogens is 328 g/mol. The largest absolute Gasteiger partial charge is 0.549 e. The molecule has 0 fully saturated rings. The number of nitrogens with zero attached hydrogens (tertiary/aromatic N) is 4. The van der Waals surface area contributed by atoms with E-state index in [9.17, 15) is 9.90 Å². The van der Waals surface area contributed by atoms with Gasteiger partial charge in [0.2, 0.25) is 0 Å². The van der Waals surface area contributed by atoms with Gasteiger partial charge in [-0.2, -0.15) is 0 Å². The highest BCUT2D eigenvalue weighted by molar-refractivity contribution is 7.99. The molecule has 7 nitrogen and oxygen atoms in total. The van der Waals surface area contributed by atoms with Crippen LogP contribution >= 0.6 is 11.8 Å². The number of aryl methyl sites for hydroxylation is 1. The van der Waals surface area contributed by atoms with Gasteiger partial charge in [0.15, 0.2) is 11.0 Å². The summed E-state index contributed by atoms with van der Waals surface area (Å²) >= 11 is 1.06. The minimum atomic E-state index is -1.14. The molecule has 2 heterocycles. The number of aliphatic carboxylic acids is 1. The van der Waals surface area contributed by atoms with Crippen molar-refractivity contribution in [1.29, 1.82) is 0 Å². The Morgan fingerprint density at radius 2 is 2.12 bits per heavy atom. The lowest BCUT2D eigenvalue weighted by Crippen LogP contribution is -2.24. The fourth-order valence-corrected chi connectivity index (χ4v) is 2.84. The fraction of sp³-hybridized carbons (Fsp3) is 0.250. The van der Waals surface area contributed by atoms with Gasteiger partial charge in [-0.25, -0.2) is 4.98 Å². The lowest BCUT2D eigenvalue weighted by atomic mass is 10.2. The number of ether oxygens (including phenoxy) is 1. The molecule has 0 aliphatic heterocycles. The summed E-state index contributed by atoms with van der Waals surface area (Å²) in [5.74, 6) is -0.0408. The quantitative estimate of drug-likeness (QED) is 0.619. The molecule has 0 N–H and O–H groups in total. The van der Waals surface area contributed by atoms with Crippen molar-refractivity contribution in [3.8, 4) is 5.75 Å². The number of hydrogen-bond donors (Lipinski definition) is 0. The molecule has 0 saturated carbocycles. The van der Waals surface area contributed by atoms with Gasteiger partial charge in [-0.1, -0.05) is 30.0 Å². The van der Waals surface area contributed by atoms with Crippen LogP contribution in [0.25, 0.3) is 10.9 Å². The summed E-state index contributed by atoms with van der Waals surface area (Å²) in [5.41, 5.74) is 1.71. The Morgan fingerprint density at radius 3 is 2.92 bits per heavy atom. The third-order valence-corrected chi connectivity index (χ3v) is 4.42. The topological polar surface area (TPSA) is 93.0 Å². The van der Waals surface area contributed by atoms with Crippen molar-refractivity contribution in [3.05, 3.63) is 41.9 Å². The molecule has 2 aromatic heterocycles. The second-order valence-corrected chi connectivity index (χ2v) is 6.13. The number of aromatic nitrogens is 4. The number of rotatable bonds is 6. The molecule has 0 aliphatic rings. The lowest BCUT2D eigenvalue weighted by molar-refractivity contribution is -0.301. The smallest absolute Gasteiger partial charge is 0.191 e. The van der Waals surface area contributed by atoms with Crippen molar-refractivity contribution in [2.75, 3.05) is 5.75 Å². The van der Waals surface area contributed by atoms with Gasteiger partial charge in [-0.15, -0.1) is 10.2 Å². The zero-order chi connectivity index (χ0) is 17.1. The van der Waals surface area contributed by atoms with Crippen molar-refractivity contribution in [3.63, 3.8) is 0 Å². The second kappa shape index (κ2) is 6.88. The van der Waals surface area contributed by atoms with Crippen LogP contribution in [-0.2, 0) is 18.4 Å². The highest BCUT2D eigenvalue weighted by Crippen LogP contribution is 2.25. The first kappa shape index (κ1) is 16.3. The first-order valence-electron chi connectivity index (χ1n) is 7.24. The van der Waals surface area contributed by atoms with Gasteiger partial charge in [0.25, 0.3) is 0 Å². The fourth-order valence-electron chi connectivity index (χ4n) is 2.20. The van der Waals surface area contributed by atoms with Crippen molar-refractivity contribution in [1.82, 2.24) is 19.7 Å². The van der Waals surface area contributed by atoms with Crippen LogP contribution in [0, 0.1) is 6.92 Å². The van der Waals surface area contributed by atoms with Crippen LogP contribution in [0.2, 0.25) is 0 Å². The van der Waals surface area contributed by atoms with Gasteiger partial charge in [0, 0.05) is 23.9 Å². The Hall–Kier alpha value is -2.61. The minimum Gasteiger partial charge on any atom is -0.549 e. The number of pyridine rings is 1. The van der Waals surface area contributed by atoms with E-state index in [2.05, 4.69) is 15.2 Å². The molecule has 24 heavy (non-hydrogen) atoms. The van der Waals surface area contributed by atoms with Crippen molar-refractivity contribution in [2.45, 2.75) is 18.7 Å². The van der Waals surface area contributed by atoms with E-state index in [-0.39, 0.29) is 12.4 Å². The number of fused-ring (bicyclic) bond motifs is 1. The molecule has 0 bridgehead atoms. The van der Waals surface area contributed by atoms with Crippen molar-refractivity contribution >= 4 is 28.6 Å². The van der Waals surface area contributed by atoms with Crippen LogP contribution in [0.3, 0.4) is 0 Å². The van der Waals surface area contributed by atoms with Gasteiger partial charge in [-0.3, -0.25) is 0 Å². The average molecular weight is 343 g/mol. The minimum absolute atomic E-state index is 0.167. The van der Waals surface area contributed by atoms with E-state index < -0.39 is 5.97 Å². The van der Waals surface area contributed by atoms with E-state index in [1.807, 2.05) is 37.3 Å². The molecule has 8 heteroatoms. The molecule has 124 valence electrons. The summed E-state index contributed by atoms with van der Waals surface area (Å²) in [6, 6.07) is 9.70. The van der Waals surface area contributed by atoms with Crippen LogP contribution in [0.1, 0.15) is 11.5 Å². The monoisotopic (exact) mass is 343 g/mol. The Morgan fingerprint density at radius 1 is 1.29 bits per heavy atom. The molecular formula is C16H15N4O3S-. The number of para-hydroxylation sites is 1. The Balaban J connectivity index is 1.77. The maximum Gasteiger partial charge on any atom is 0.191 e. The number of benzene rings is 1. The standard InChI is InChI=1S/C16H16N4O3S/c1-10-6-7-11-4-3-5-12(15(11)17-10)23-8-13-18-19-16(20(13)2)24-9-14(21)22/h3-7H,8-9H2,1-2H3,(H,21,22)/p-1. The molecule has 0 spiro atoms. The Bertz CT molecular complexity index is 894. The predicted molar refractivity (Wildman–Crippen MR) is 87.5 cm³/mol. The SMILES string of the molecule is Cc1ccc2cccc(OCc3nnc(SCC(=O)[O-])n3C)c2n1. The first-order valence-corrected chi connectivity index (χ1v) is 8.23. The van der Waals surface area contributed by atoms with Crippen molar-refractivity contribution < 1.29 is 14.6 Å². The zero-order valence-electron chi connectivity index (χ0n) is 13.2. The number of thioether (sulfide) groups is 1. The van der Waals surface area contributed by atoms with Crippen LogP contribution in [0.15, 0.2) is 35.5 Å². The third-order valence-electron chi connectivity index (χ3n) is 3.42. The predicted octanol–water partition coefficient (Wildman–Crippen LogP) is 1.09. The maximum atomic E-state index is 10.5. The molecule has 0 unspecified atom stereocenters. The number of carbonyl (C=O) groups excluding carboxylic acids is 1. The van der Waals surface area contributed by atoms with E-state index in [4.69, 9.17) is 4.74 Å². The van der Waals surface area contributed by atoms with E-state index in [0.717, 1.165) is 28.4 Å². The summed E-state index contributed by atoms with van der Waals surface area (Å²) in [6.07, 6.45) is 0. The summed E-state index contributed by atoms with van der Waals surface area (Å²) in [7, 11) is 1.77. The number of carbonyl (C=O) groups is 1. The Kier molecular flexibility index (Phi) is 4.66. The van der Waals surface area contributed by atoms with Crippen LogP contribution in [0.5, 0.6) is 5.75 Å². The maximum absolute atomic E-state index is 10.5. The zero-order valence-corrected chi connectivity index (χ0v) is 14.0. The molecule has 0 atom stereocenters. The normalized spacial score (nSPS) is 10.9. The molecule has 0 aliphatic carbocycles. The van der Waals surface area contributed by atoms with Gasteiger partial charge >= 0.3 is 0 Å². The average Bonchev–Trinajstić information content (AvgIpc) is 2.91. The number of carboxylic acids is 1. The van der Waals surface area contributed by atoms with E-state index in [1.54, 1.807) is 11.6 Å². The Labute approximate surface area is 142 Å². The first-order chi connectivity index (χ1) is 11.5. The van der Waals surface area contributed by atoms with E-state index >= 15 is 0 Å². The highest BCUT2D eigenvalue weighted by Gasteiger charge is 2.11. The van der Waals surface area contributed by atoms with Gasteiger partial charge < -0.3 is 19.2 Å². The second-order valence-electron chi connectivity index (χ2n) is 5.19. The van der Waals surface area contributed by atoms with Crippen molar-refractivity contribution in [2.24, 2.45) is 7.05 Å². The van der Waals surface area contributed by atoms with E-state index in [0.29, 0.717) is 16.7 Å². The van der Waals surface area contributed by atoms with Gasteiger partial charge in [0.1, 0.15) is 17.9 Å². The molecule has 1 aromatic carbocycles. The number of hydrogen-bond acceptors (Lipinski definition) is 7. The van der Waals surface area contributed by atoms with Gasteiger partial charge in [-0.05, 0) is 19.1 Å². The lowest BCUT2D eigenvalue weighted by Gasteiger charge is -2.09. The summed E-state index contributed by atoms with van der Waals surface area (Å²) in [5, 5.41) is 20.0. The molecule has 3 rings (SSSR count). The molecule has 0 amide bonds. The third kappa shape index (κ3) is 3.48. The molecule has 0 radical (unpaired) electrons. The van der Waals surface area contributed by atoms with Crippen LogP contribution in [-0.4, -0.2) is 31.5 Å². The van der Waals surface area contributed by atoms with Crippen LogP contribution < -0.4 is 9.84 Å². The molecule has 0 saturated heterocycles. The van der Waals surface area contributed by atoms with Gasteiger partial charge in [0.05, 0.1) is 5.97 Å². The number of carboxylic acid groups (broad SMARTS) is 1.